The van der Waals surface area contributed by atoms with Gasteiger partial charge in [0.05, 0.1) is 5.69 Å². The summed E-state index contributed by atoms with van der Waals surface area (Å²) in [6, 6.07) is 8.05. The van der Waals surface area contributed by atoms with Gasteiger partial charge in [0.25, 0.3) is 5.91 Å². The number of nitrogens with zero attached hydrogens (tertiary/aromatic N) is 1. The summed E-state index contributed by atoms with van der Waals surface area (Å²) in [5.41, 5.74) is 12.4. The van der Waals surface area contributed by atoms with Gasteiger partial charge in [0.15, 0.2) is 0 Å². The molecule has 0 spiro atoms. The summed E-state index contributed by atoms with van der Waals surface area (Å²) in [4.78, 5) is 19.1. The van der Waals surface area contributed by atoms with E-state index in [9.17, 15) is 4.79 Å². The van der Waals surface area contributed by atoms with Gasteiger partial charge in [-0.05, 0) is 67.9 Å². The first kappa shape index (κ1) is 17.0. The number of hydrogen-bond donors (Lipinski definition) is 2. The molecule has 134 valence electrons. The van der Waals surface area contributed by atoms with Gasteiger partial charge in [0, 0.05) is 16.8 Å². The van der Waals surface area contributed by atoms with Crippen LogP contribution in [-0.2, 0) is 12.8 Å². The first-order chi connectivity index (χ1) is 12.4. The van der Waals surface area contributed by atoms with Crippen LogP contribution in [0.1, 0.15) is 45.4 Å². The van der Waals surface area contributed by atoms with E-state index in [4.69, 9.17) is 10.7 Å². The van der Waals surface area contributed by atoms with Crippen LogP contribution in [0.25, 0.3) is 10.2 Å². The van der Waals surface area contributed by atoms with Crippen molar-refractivity contribution in [2.75, 3.05) is 11.1 Å². The number of rotatable bonds is 2. The van der Waals surface area contributed by atoms with Gasteiger partial charge in [-0.2, -0.15) is 0 Å². The van der Waals surface area contributed by atoms with Crippen molar-refractivity contribution in [1.82, 2.24) is 4.98 Å². The SMILES string of the molecule is Cc1cccc(NC(=O)c2sc3nc4c(cc3c2N)CC(C)CC4)c1C. The summed E-state index contributed by atoms with van der Waals surface area (Å²) < 4.78 is 0. The molecule has 0 fully saturated rings. The van der Waals surface area contributed by atoms with Gasteiger partial charge in [-0.25, -0.2) is 4.98 Å². The molecule has 26 heavy (non-hydrogen) atoms. The smallest absolute Gasteiger partial charge is 0.267 e. The minimum atomic E-state index is -0.162. The van der Waals surface area contributed by atoms with Crippen LogP contribution in [0.3, 0.4) is 0 Å². The monoisotopic (exact) mass is 365 g/mol. The number of thiophene rings is 1. The van der Waals surface area contributed by atoms with E-state index in [-0.39, 0.29) is 5.91 Å². The highest BCUT2D eigenvalue weighted by molar-refractivity contribution is 7.21. The van der Waals surface area contributed by atoms with E-state index in [1.54, 1.807) is 0 Å². The summed E-state index contributed by atoms with van der Waals surface area (Å²) >= 11 is 1.39. The van der Waals surface area contributed by atoms with Crippen molar-refractivity contribution >= 4 is 38.8 Å². The van der Waals surface area contributed by atoms with Crippen molar-refractivity contribution in [2.24, 2.45) is 5.92 Å². The predicted octanol–water partition coefficient (Wildman–Crippen LogP) is 4.87. The molecular formula is C21H23N3OS. The fourth-order valence-corrected chi connectivity index (χ4v) is 4.60. The van der Waals surface area contributed by atoms with Crippen LogP contribution in [0.2, 0.25) is 0 Å². The Labute approximate surface area is 157 Å². The van der Waals surface area contributed by atoms with Crippen LogP contribution in [-0.4, -0.2) is 10.9 Å². The Bertz CT molecular complexity index is 1020. The molecule has 1 aliphatic carbocycles. The number of aromatic nitrogens is 1. The third kappa shape index (κ3) is 2.86. The van der Waals surface area contributed by atoms with Gasteiger partial charge < -0.3 is 11.1 Å². The lowest BCUT2D eigenvalue weighted by molar-refractivity contribution is 0.103. The summed E-state index contributed by atoms with van der Waals surface area (Å²) in [5, 5.41) is 3.92. The molecule has 1 atom stereocenters. The van der Waals surface area contributed by atoms with E-state index >= 15 is 0 Å². The lowest BCUT2D eigenvalue weighted by atomic mass is 9.87. The molecule has 1 aliphatic rings. The Kier molecular flexibility index (Phi) is 4.19. The standard InChI is InChI=1S/C21H23N3OS/c1-11-7-8-17-14(9-11)10-15-18(22)19(26-21(15)24-17)20(25)23-16-6-4-5-12(2)13(16)3/h4-6,10-11H,7-9,22H2,1-3H3,(H,23,25). The number of aryl methyl sites for hydroxylation is 2. The molecule has 2 heterocycles. The Morgan fingerprint density at radius 2 is 2.15 bits per heavy atom. The molecule has 1 aromatic carbocycles. The fourth-order valence-electron chi connectivity index (χ4n) is 3.61. The summed E-state index contributed by atoms with van der Waals surface area (Å²) in [6.45, 7) is 6.32. The molecule has 0 saturated carbocycles. The Hall–Kier alpha value is -2.40. The number of nitrogens with two attached hydrogens (primary N) is 1. The molecule has 1 amide bonds. The van der Waals surface area contributed by atoms with E-state index in [1.807, 2.05) is 32.0 Å². The van der Waals surface area contributed by atoms with Crippen LogP contribution >= 0.6 is 11.3 Å². The first-order valence-corrected chi connectivity index (χ1v) is 9.84. The quantitative estimate of drug-likeness (QED) is 0.680. The van der Waals surface area contributed by atoms with E-state index in [0.717, 1.165) is 39.9 Å². The molecule has 5 heteroatoms. The average Bonchev–Trinajstić information content (AvgIpc) is 2.93. The van der Waals surface area contributed by atoms with E-state index in [0.29, 0.717) is 16.5 Å². The summed E-state index contributed by atoms with van der Waals surface area (Å²) in [5.74, 6) is 0.513. The third-order valence-corrected chi connectivity index (χ3v) is 6.51. The van der Waals surface area contributed by atoms with Crippen molar-refractivity contribution in [1.29, 1.82) is 0 Å². The number of nitrogens with one attached hydrogen (secondary N) is 1. The maximum absolute atomic E-state index is 12.8. The molecule has 0 radical (unpaired) electrons. The highest BCUT2D eigenvalue weighted by Gasteiger charge is 2.22. The van der Waals surface area contributed by atoms with Crippen molar-refractivity contribution in [3.63, 3.8) is 0 Å². The summed E-state index contributed by atoms with van der Waals surface area (Å²) in [6.07, 6.45) is 3.22. The van der Waals surface area contributed by atoms with Crippen LogP contribution in [0.15, 0.2) is 24.3 Å². The number of fused-ring (bicyclic) bond motifs is 2. The van der Waals surface area contributed by atoms with Crippen LogP contribution in [0.4, 0.5) is 11.4 Å². The fraction of sp³-hybridized carbons (Fsp3) is 0.333. The van der Waals surface area contributed by atoms with E-state index in [2.05, 4.69) is 18.3 Å². The first-order valence-electron chi connectivity index (χ1n) is 9.02. The second-order valence-electron chi connectivity index (χ2n) is 7.34. The average molecular weight is 366 g/mol. The van der Waals surface area contributed by atoms with Crippen molar-refractivity contribution < 1.29 is 4.79 Å². The molecule has 0 aliphatic heterocycles. The van der Waals surface area contributed by atoms with Gasteiger partial charge in [0.2, 0.25) is 0 Å². The molecule has 4 rings (SSSR count). The normalized spacial score (nSPS) is 16.5. The number of pyridine rings is 1. The summed E-state index contributed by atoms with van der Waals surface area (Å²) in [7, 11) is 0. The maximum atomic E-state index is 12.8. The second kappa shape index (κ2) is 6.40. The zero-order valence-corrected chi connectivity index (χ0v) is 16.2. The van der Waals surface area contributed by atoms with Crippen LogP contribution in [0, 0.1) is 19.8 Å². The van der Waals surface area contributed by atoms with Gasteiger partial charge in [-0.1, -0.05) is 19.1 Å². The van der Waals surface area contributed by atoms with Gasteiger partial charge >= 0.3 is 0 Å². The van der Waals surface area contributed by atoms with Crippen LogP contribution < -0.4 is 11.1 Å². The lowest BCUT2D eigenvalue weighted by Gasteiger charge is -2.20. The van der Waals surface area contributed by atoms with Gasteiger partial charge in [-0.15, -0.1) is 11.3 Å². The Morgan fingerprint density at radius 3 is 2.96 bits per heavy atom. The molecule has 4 nitrogen and oxygen atoms in total. The molecule has 0 saturated heterocycles. The van der Waals surface area contributed by atoms with Gasteiger partial charge in [0.1, 0.15) is 9.71 Å². The second-order valence-corrected chi connectivity index (χ2v) is 8.34. The Balaban J connectivity index is 1.71. The van der Waals surface area contributed by atoms with Crippen molar-refractivity contribution in [3.8, 4) is 0 Å². The number of benzene rings is 1. The molecular weight excluding hydrogens is 342 g/mol. The molecule has 0 bridgehead atoms. The third-order valence-electron chi connectivity index (χ3n) is 5.39. The molecule has 3 aromatic rings. The largest absolute Gasteiger partial charge is 0.397 e. The van der Waals surface area contributed by atoms with Crippen molar-refractivity contribution in [2.45, 2.75) is 40.0 Å². The van der Waals surface area contributed by atoms with E-state index < -0.39 is 0 Å². The van der Waals surface area contributed by atoms with Crippen molar-refractivity contribution in [3.05, 3.63) is 51.5 Å². The van der Waals surface area contributed by atoms with E-state index in [1.165, 1.54) is 29.0 Å². The van der Waals surface area contributed by atoms with Crippen LogP contribution in [0.5, 0.6) is 0 Å². The zero-order valence-electron chi connectivity index (χ0n) is 15.3. The number of anilines is 2. The number of hydrogen-bond acceptors (Lipinski definition) is 4. The number of carbonyl (C=O) groups is 1. The highest BCUT2D eigenvalue weighted by atomic mass is 32.1. The minimum Gasteiger partial charge on any atom is -0.397 e. The Morgan fingerprint density at radius 1 is 1.35 bits per heavy atom. The maximum Gasteiger partial charge on any atom is 0.267 e. The topological polar surface area (TPSA) is 68.0 Å². The molecule has 2 aromatic heterocycles. The number of carbonyl (C=O) groups excluding carboxylic acids is 1. The zero-order chi connectivity index (χ0) is 18.4. The molecule has 3 N–H and O–H groups in total. The number of amides is 1. The number of nitrogen functional groups attached to an aromatic ring is 1. The highest BCUT2D eigenvalue weighted by Crippen LogP contribution is 2.36. The van der Waals surface area contributed by atoms with Gasteiger partial charge in [-0.3, -0.25) is 4.79 Å². The molecule has 1 unspecified atom stereocenters. The lowest BCUT2D eigenvalue weighted by Crippen LogP contribution is -2.13. The predicted molar refractivity (Wildman–Crippen MR) is 109 cm³/mol. The minimum absolute atomic E-state index is 0.162.